The molecule has 0 aliphatic heterocycles. The monoisotopic (exact) mass is 468 g/mol. The lowest BCUT2D eigenvalue weighted by Gasteiger charge is -2.19. The van der Waals surface area contributed by atoms with Gasteiger partial charge in [0.05, 0.1) is 7.11 Å². The van der Waals surface area contributed by atoms with E-state index in [1.807, 2.05) is 30.3 Å². The van der Waals surface area contributed by atoms with Gasteiger partial charge in [0, 0.05) is 39.4 Å². The Kier molecular flexibility index (Phi) is 10.5. The number of nitrogens with one attached hydrogen (secondary N) is 2. The highest BCUT2D eigenvalue weighted by Gasteiger charge is 2.01. The standard InChI is InChI=1S/C20H28N4O.HI/c1-21-20(23-16-17-10-12-19(25-3)13-11-17)22-14-7-15-24(2)18-8-5-4-6-9-18;/h4-6,8-13H,7,14-16H2,1-3H3,(H2,21,22,23);1H. The summed E-state index contributed by atoms with van der Waals surface area (Å²) < 4.78 is 5.17. The average molecular weight is 468 g/mol. The molecule has 2 rings (SSSR count). The van der Waals surface area contributed by atoms with Crippen molar-refractivity contribution >= 4 is 35.6 Å². The van der Waals surface area contributed by atoms with Gasteiger partial charge in [0.15, 0.2) is 5.96 Å². The van der Waals surface area contributed by atoms with Gasteiger partial charge in [-0.15, -0.1) is 24.0 Å². The molecule has 0 aliphatic carbocycles. The van der Waals surface area contributed by atoms with Gasteiger partial charge in [0.1, 0.15) is 5.75 Å². The van der Waals surface area contributed by atoms with Gasteiger partial charge in [-0.05, 0) is 36.2 Å². The zero-order chi connectivity index (χ0) is 17.9. The van der Waals surface area contributed by atoms with E-state index in [0.717, 1.165) is 37.8 Å². The molecule has 2 N–H and O–H groups in total. The number of methoxy groups -OCH3 is 1. The zero-order valence-electron chi connectivity index (χ0n) is 15.7. The first kappa shape index (κ1) is 22.1. The van der Waals surface area contributed by atoms with Gasteiger partial charge in [-0.1, -0.05) is 30.3 Å². The van der Waals surface area contributed by atoms with E-state index in [1.165, 1.54) is 11.3 Å². The SMILES string of the molecule is CN=C(NCCCN(C)c1ccccc1)NCc1ccc(OC)cc1.I. The van der Waals surface area contributed by atoms with Crippen molar-refractivity contribution < 1.29 is 4.74 Å². The molecule has 2 aromatic carbocycles. The Bertz CT molecular complexity index is 647. The molecule has 0 amide bonds. The molecular formula is C20H29IN4O. The molecule has 0 saturated heterocycles. The summed E-state index contributed by atoms with van der Waals surface area (Å²) in [6.07, 6.45) is 1.04. The predicted molar refractivity (Wildman–Crippen MR) is 121 cm³/mol. The van der Waals surface area contributed by atoms with Gasteiger partial charge in [-0.2, -0.15) is 0 Å². The summed E-state index contributed by atoms with van der Waals surface area (Å²) in [7, 11) is 5.58. The van der Waals surface area contributed by atoms with Crippen LogP contribution in [0.4, 0.5) is 5.69 Å². The zero-order valence-corrected chi connectivity index (χ0v) is 18.1. The van der Waals surface area contributed by atoms with Crippen LogP contribution in [0.15, 0.2) is 59.6 Å². The molecule has 0 spiro atoms. The van der Waals surface area contributed by atoms with Crippen molar-refractivity contribution in [1.82, 2.24) is 10.6 Å². The molecule has 0 atom stereocenters. The molecule has 0 bridgehead atoms. The Hall–Kier alpha value is -1.96. The molecule has 0 heterocycles. The van der Waals surface area contributed by atoms with E-state index in [-0.39, 0.29) is 24.0 Å². The number of benzene rings is 2. The number of guanidine groups is 1. The van der Waals surface area contributed by atoms with Gasteiger partial charge in [0.2, 0.25) is 0 Å². The maximum absolute atomic E-state index is 5.17. The Labute approximate surface area is 173 Å². The van der Waals surface area contributed by atoms with Gasteiger partial charge < -0.3 is 20.3 Å². The van der Waals surface area contributed by atoms with Crippen LogP contribution in [-0.4, -0.2) is 40.3 Å². The molecule has 0 saturated carbocycles. The van der Waals surface area contributed by atoms with E-state index >= 15 is 0 Å². The fourth-order valence-electron chi connectivity index (χ4n) is 2.48. The first-order chi connectivity index (χ1) is 12.2. The predicted octanol–water partition coefficient (Wildman–Crippen LogP) is 3.50. The van der Waals surface area contributed by atoms with Gasteiger partial charge in [-0.3, -0.25) is 4.99 Å². The Morgan fingerprint density at radius 3 is 2.35 bits per heavy atom. The largest absolute Gasteiger partial charge is 0.497 e. The van der Waals surface area contributed by atoms with Crippen LogP contribution in [0.2, 0.25) is 0 Å². The number of hydrogen-bond donors (Lipinski definition) is 2. The van der Waals surface area contributed by atoms with Crippen LogP contribution in [0.1, 0.15) is 12.0 Å². The summed E-state index contributed by atoms with van der Waals surface area (Å²) >= 11 is 0. The van der Waals surface area contributed by atoms with Crippen molar-refractivity contribution in [3.05, 3.63) is 60.2 Å². The first-order valence-corrected chi connectivity index (χ1v) is 8.56. The minimum Gasteiger partial charge on any atom is -0.497 e. The number of ether oxygens (including phenoxy) is 1. The van der Waals surface area contributed by atoms with Crippen LogP contribution < -0.4 is 20.3 Å². The van der Waals surface area contributed by atoms with Crippen LogP contribution in [0.5, 0.6) is 5.75 Å². The second kappa shape index (κ2) is 12.4. The summed E-state index contributed by atoms with van der Waals surface area (Å²) in [5, 5.41) is 6.68. The minimum absolute atomic E-state index is 0. The maximum Gasteiger partial charge on any atom is 0.191 e. The number of hydrogen-bond acceptors (Lipinski definition) is 3. The quantitative estimate of drug-likeness (QED) is 0.270. The lowest BCUT2D eigenvalue weighted by Crippen LogP contribution is -2.38. The van der Waals surface area contributed by atoms with E-state index in [1.54, 1.807) is 14.2 Å². The summed E-state index contributed by atoms with van der Waals surface area (Å²) in [6, 6.07) is 18.5. The first-order valence-electron chi connectivity index (χ1n) is 8.56. The molecule has 0 aliphatic rings. The highest BCUT2D eigenvalue weighted by Crippen LogP contribution is 2.11. The average Bonchev–Trinajstić information content (AvgIpc) is 2.68. The van der Waals surface area contributed by atoms with Gasteiger partial charge in [0.25, 0.3) is 0 Å². The summed E-state index contributed by atoms with van der Waals surface area (Å²) in [5.74, 6) is 1.69. The number of anilines is 1. The second-order valence-corrected chi connectivity index (χ2v) is 5.81. The lowest BCUT2D eigenvalue weighted by molar-refractivity contribution is 0.414. The van der Waals surface area contributed by atoms with Crippen molar-refractivity contribution in [2.45, 2.75) is 13.0 Å². The second-order valence-electron chi connectivity index (χ2n) is 5.81. The number of nitrogens with zero attached hydrogens (tertiary/aromatic N) is 2. The fraction of sp³-hybridized carbons (Fsp3) is 0.350. The smallest absolute Gasteiger partial charge is 0.191 e. The van der Waals surface area contributed by atoms with Gasteiger partial charge in [-0.25, -0.2) is 0 Å². The third kappa shape index (κ3) is 7.51. The summed E-state index contributed by atoms with van der Waals surface area (Å²) in [6.45, 7) is 2.60. The van der Waals surface area contributed by atoms with E-state index in [9.17, 15) is 0 Å². The molecular weight excluding hydrogens is 439 g/mol. The van der Waals surface area contributed by atoms with Crippen LogP contribution in [0, 0.1) is 0 Å². The van der Waals surface area contributed by atoms with Crippen molar-refractivity contribution in [2.75, 3.05) is 39.2 Å². The van der Waals surface area contributed by atoms with Crippen LogP contribution in [0.25, 0.3) is 0 Å². The van der Waals surface area contributed by atoms with Crippen LogP contribution in [0.3, 0.4) is 0 Å². The van der Waals surface area contributed by atoms with E-state index in [2.05, 4.69) is 51.8 Å². The number of rotatable bonds is 8. The van der Waals surface area contributed by atoms with E-state index < -0.39 is 0 Å². The topological polar surface area (TPSA) is 48.9 Å². The third-order valence-corrected chi connectivity index (χ3v) is 4.00. The molecule has 26 heavy (non-hydrogen) atoms. The van der Waals surface area contributed by atoms with Gasteiger partial charge >= 0.3 is 0 Å². The Morgan fingerprint density at radius 2 is 1.73 bits per heavy atom. The third-order valence-electron chi connectivity index (χ3n) is 4.00. The lowest BCUT2D eigenvalue weighted by atomic mass is 10.2. The fourth-order valence-corrected chi connectivity index (χ4v) is 2.48. The van der Waals surface area contributed by atoms with Crippen LogP contribution >= 0.6 is 24.0 Å². The Balaban J connectivity index is 0.00000338. The van der Waals surface area contributed by atoms with Crippen molar-refractivity contribution in [3.63, 3.8) is 0 Å². The molecule has 0 radical (unpaired) electrons. The molecule has 5 nitrogen and oxygen atoms in total. The number of halogens is 1. The molecule has 2 aromatic rings. The highest BCUT2D eigenvalue weighted by atomic mass is 127. The molecule has 142 valence electrons. The molecule has 0 fully saturated rings. The Morgan fingerprint density at radius 1 is 1.04 bits per heavy atom. The van der Waals surface area contributed by atoms with Crippen molar-refractivity contribution in [1.29, 1.82) is 0 Å². The normalized spacial score (nSPS) is 10.7. The molecule has 0 aromatic heterocycles. The maximum atomic E-state index is 5.17. The van der Waals surface area contributed by atoms with E-state index in [4.69, 9.17) is 4.74 Å². The number of aliphatic imine (C=N–C) groups is 1. The molecule has 6 heteroatoms. The highest BCUT2D eigenvalue weighted by molar-refractivity contribution is 14.0. The summed E-state index contributed by atoms with van der Waals surface area (Å²) in [4.78, 5) is 6.53. The van der Waals surface area contributed by atoms with Crippen molar-refractivity contribution in [3.8, 4) is 5.75 Å². The van der Waals surface area contributed by atoms with Crippen molar-refractivity contribution in [2.24, 2.45) is 4.99 Å². The van der Waals surface area contributed by atoms with Crippen LogP contribution in [-0.2, 0) is 6.54 Å². The summed E-state index contributed by atoms with van der Waals surface area (Å²) in [5.41, 5.74) is 2.43. The minimum atomic E-state index is 0. The molecule has 0 unspecified atom stereocenters. The number of para-hydroxylation sites is 1. The van der Waals surface area contributed by atoms with E-state index in [0.29, 0.717) is 0 Å².